The number of hydrogen-bond donors (Lipinski definition) is 0. The van der Waals surface area contributed by atoms with Crippen molar-refractivity contribution in [1.82, 2.24) is 9.80 Å². The number of nitrogens with zero attached hydrogens (tertiary/aromatic N) is 2. The summed E-state index contributed by atoms with van der Waals surface area (Å²) in [4.78, 5) is 17.3. The molecule has 0 spiro atoms. The van der Waals surface area contributed by atoms with Crippen molar-refractivity contribution in [3.05, 3.63) is 29.3 Å². The molecule has 1 amide bonds. The third-order valence-electron chi connectivity index (χ3n) is 5.90. The Hall–Kier alpha value is -1.55. The highest BCUT2D eigenvalue weighted by molar-refractivity contribution is 5.82. The highest BCUT2D eigenvalue weighted by Gasteiger charge is 2.35. The minimum absolute atomic E-state index is 0.241. The molecule has 0 aromatic heterocycles. The normalized spacial score (nSPS) is 21.7. The molecule has 1 fully saturated rings. The second-order valence-electron chi connectivity index (χ2n) is 7.68. The lowest BCUT2D eigenvalue weighted by molar-refractivity contribution is -0.142. The van der Waals surface area contributed by atoms with Crippen molar-refractivity contribution < 1.29 is 9.53 Å². The predicted molar refractivity (Wildman–Crippen MR) is 96.3 cm³/mol. The summed E-state index contributed by atoms with van der Waals surface area (Å²) in [5.41, 5.74) is 2.63. The van der Waals surface area contributed by atoms with Crippen LogP contribution in [-0.4, -0.2) is 49.0 Å². The maximum Gasteiger partial charge on any atom is 0.228 e. The quantitative estimate of drug-likeness (QED) is 0.849. The zero-order valence-electron chi connectivity index (χ0n) is 15.5. The van der Waals surface area contributed by atoms with Crippen LogP contribution in [0.4, 0.5) is 0 Å². The monoisotopic (exact) mass is 330 g/mol. The second-order valence-corrected chi connectivity index (χ2v) is 7.68. The fourth-order valence-electron chi connectivity index (χ4n) is 3.88. The average molecular weight is 330 g/mol. The van der Waals surface area contributed by atoms with E-state index >= 15 is 0 Å². The fraction of sp³-hybridized carbons (Fsp3) is 0.650. The lowest BCUT2D eigenvalue weighted by atomic mass is 9.88. The van der Waals surface area contributed by atoms with Gasteiger partial charge in [-0.1, -0.05) is 26.8 Å². The van der Waals surface area contributed by atoms with Gasteiger partial charge in [-0.05, 0) is 42.5 Å². The molecule has 1 aromatic rings. The van der Waals surface area contributed by atoms with Gasteiger partial charge in [-0.15, -0.1) is 0 Å². The van der Waals surface area contributed by atoms with Gasteiger partial charge in [0.1, 0.15) is 5.75 Å². The summed E-state index contributed by atoms with van der Waals surface area (Å²) in [5.74, 6) is 1.25. The third-order valence-corrected chi connectivity index (χ3v) is 5.90. The van der Waals surface area contributed by atoms with Gasteiger partial charge >= 0.3 is 0 Å². The van der Waals surface area contributed by atoms with E-state index in [0.717, 1.165) is 44.8 Å². The van der Waals surface area contributed by atoms with Crippen LogP contribution >= 0.6 is 0 Å². The number of ether oxygens (including phenoxy) is 1. The summed E-state index contributed by atoms with van der Waals surface area (Å²) in [6.07, 6.45) is 3.21. The number of aryl methyl sites for hydroxylation is 1. The highest BCUT2D eigenvalue weighted by atomic mass is 16.5. The number of amides is 1. The first-order valence-electron chi connectivity index (χ1n) is 9.16. The van der Waals surface area contributed by atoms with Crippen molar-refractivity contribution >= 4 is 5.91 Å². The average Bonchev–Trinajstić information content (AvgIpc) is 3.04. The van der Waals surface area contributed by atoms with Gasteiger partial charge in [0.15, 0.2) is 0 Å². The van der Waals surface area contributed by atoms with E-state index in [2.05, 4.69) is 48.8 Å². The van der Waals surface area contributed by atoms with Gasteiger partial charge < -0.3 is 9.64 Å². The number of carbonyl (C=O) groups is 1. The SMILES string of the molecule is CCC(C)(C)C(=O)N1CCN(C2CCc3ccc(OC)cc32)CC1. The van der Waals surface area contributed by atoms with E-state index in [1.165, 1.54) is 17.5 Å². The molecule has 0 saturated carbocycles. The van der Waals surface area contributed by atoms with Gasteiger partial charge in [0.25, 0.3) is 0 Å². The predicted octanol–water partition coefficient (Wildman–Crippen LogP) is 3.26. The van der Waals surface area contributed by atoms with Crippen molar-refractivity contribution in [1.29, 1.82) is 0 Å². The first kappa shape index (κ1) is 17.3. The molecule has 3 rings (SSSR count). The smallest absolute Gasteiger partial charge is 0.228 e. The molecule has 132 valence electrons. The van der Waals surface area contributed by atoms with Crippen LogP contribution in [0.25, 0.3) is 0 Å². The summed E-state index contributed by atoms with van der Waals surface area (Å²) in [5, 5.41) is 0. The number of fused-ring (bicyclic) bond motifs is 1. The first-order chi connectivity index (χ1) is 11.5. The zero-order valence-corrected chi connectivity index (χ0v) is 15.5. The number of rotatable bonds is 4. The lowest BCUT2D eigenvalue weighted by Crippen LogP contribution is -2.52. The number of hydrogen-bond acceptors (Lipinski definition) is 3. The Morgan fingerprint density at radius 2 is 1.96 bits per heavy atom. The molecule has 4 nitrogen and oxygen atoms in total. The van der Waals surface area contributed by atoms with E-state index in [-0.39, 0.29) is 5.41 Å². The largest absolute Gasteiger partial charge is 0.497 e. The fourth-order valence-corrected chi connectivity index (χ4v) is 3.88. The van der Waals surface area contributed by atoms with Gasteiger partial charge in [-0.2, -0.15) is 0 Å². The molecule has 4 heteroatoms. The Balaban J connectivity index is 1.66. The summed E-state index contributed by atoms with van der Waals surface area (Å²) in [6, 6.07) is 6.94. The van der Waals surface area contributed by atoms with Crippen molar-refractivity contribution in [2.75, 3.05) is 33.3 Å². The Kier molecular flexibility index (Phi) is 4.86. The van der Waals surface area contributed by atoms with E-state index in [4.69, 9.17) is 4.74 Å². The molecular weight excluding hydrogens is 300 g/mol. The minimum atomic E-state index is -0.241. The van der Waals surface area contributed by atoms with Crippen LogP contribution in [0.15, 0.2) is 18.2 Å². The van der Waals surface area contributed by atoms with Crippen molar-refractivity contribution in [2.45, 2.75) is 46.1 Å². The van der Waals surface area contributed by atoms with E-state index in [9.17, 15) is 4.79 Å². The van der Waals surface area contributed by atoms with Crippen LogP contribution in [-0.2, 0) is 11.2 Å². The van der Waals surface area contributed by atoms with Crippen LogP contribution in [0.3, 0.4) is 0 Å². The number of benzene rings is 1. The Morgan fingerprint density at radius 3 is 2.58 bits per heavy atom. The molecular formula is C20H30N2O2. The third kappa shape index (κ3) is 3.16. The number of piperazine rings is 1. The summed E-state index contributed by atoms with van der Waals surface area (Å²) in [7, 11) is 1.73. The van der Waals surface area contributed by atoms with E-state index < -0.39 is 0 Å². The van der Waals surface area contributed by atoms with Gasteiger partial charge in [-0.25, -0.2) is 0 Å². The molecule has 1 atom stereocenters. The molecule has 0 N–H and O–H groups in total. The Bertz CT molecular complexity index is 604. The molecule has 1 unspecified atom stereocenters. The molecule has 1 aliphatic heterocycles. The Labute approximate surface area is 145 Å². The lowest BCUT2D eigenvalue weighted by Gasteiger charge is -2.41. The number of methoxy groups -OCH3 is 1. The molecule has 24 heavy (non-hydrogen) atoms. The van der Waals surface area contributed by atoms with Crippen molar-refractivity contribution in [3.8, 4) is 5.75 Å². The van der Waals surface area contributed by atoms with Crippen LogP contribution in [0.1, 0.15) is 50.8 Å². The van der Waals surface area contributed by atoms with Crippen LogP contribution < -0.4 is 4.74 Å². The molecule has 2 aliphatic rings. The van der Waals surface area contributed by atoms with Gasteiger partial charge in [-0.3, -0.25) is 9.69 Å². The van der Waals surface area contributed by atoms with Crippen LogP contribution in [0.5, 0.6) is 5.75 Å². The van der Waals surface area contributed by atoms with Crippen LogP contribution in [0.2, 0.25) is 0 Å². The molecule has 1 aliphatic carbocycles. The van der Waals surface area contributed by atoms with E-state index in [0.29, 0.717) is 11.9 Å². The molecule has 0 bridgehead atoms. The summed E-state index contributed by atoms with van der Waals surface area (Å²) in [6.45, 7) is 9.83. The number of carbonyl (C=O) groups excluding carboxylic acids is 1. The minimum Gasteiger partial charge on any atom is -0.497 e. The Morgan fingerprint density at radius 1 is 1.25 bits per heavy atom. The summed E-state index contributed by atoms with van der Waals surface area (Å²) >= 11 is 0. The summed E-state index contributed by atoms with van der Waals surface area (Å²) < 4.78 is 5.40. The van der Waals surface area contributed by atoms with Crippen LogP contribution in [0, 0.1) is 5.41 Å². The topological polar surface area (TPSA) is 32.8 Å². The maximum absolute atomic E-state index is 12.7. The maximum atomic E-state index is 12.7. The highest BCUT2D eigenvalue weighted by Crippen LogP contribution is 2.38. The van der Waals surface area contributed by atoms with Crippen molar-refractivity contribution in [2.24, 2.45) is 5.41 Å². The van der Waals surface area contributed by atoms with Crippen molar-refractivity contribution in [3.63, 3.8) is 0 Å². The van der Waals surface area contributed by atoms with E-state index in [1.807, 2.05) is 0 Å². The standard InChI is InChI=1S/C20H30N2O2/c1-5-20(2,3)19(23)22-12-10-21(11-13-22)18-9-7-15-6-8-16(24-4)14-17(15)18/h6,8,14,18H,5,7,9-13H2,1-4H3. The van der Waals surface area contributed by atoms with Gasteiger partial charge in [0, 0.05) is 37.6 Å². The zero-order chi connectivity index (χ0) is 17.3. The molecule has 1 heterocycles. The molecule has 1 saturated heterocycles. The first-order valence-corrected chi connectivity index (χ1v) is 9.16. The van der Waals surface area contributed by atoms with E-state index in [1.54, 1.807) is 7.11 Å². The second kappa shape index (κ2) is 6.75. The molecule has 1 aromatic carbocycles. The molecule has 0 radical (unpaired) electrons. The van der Waals surface area contributed by atoms with Gasteiger partial charge in [0.05, 0.1) is 7.11 Å². The van der Waals surface area contributed by atoms with Gasteiger partial charge in [0.2, 0.25) is 5.91 Å².